The molecule has 0 amide bonds. The zero-order valence-corrected chi connectivity index (χ0v) is 15.0. The predicted octanol–water partition coefficient (Wildman–Crippen LogP) is 1.77. The van der Waals surface area contributed by atoms with Crippen molar-refractivity contribution in [3.8, 4) is 11.4 Å². The number of aryl methyl sites for hydroxylation is 1. The quantitative estimate of drug-likeness (QED) is 0.912. The average Bonchev–Trinajstić information content (AvgIpc) is 3.01. The molecule has 2 aromatic rings. The summed E-state index contributed by atoms with van der Waals surface area (Å²) in [4.78, 5) is 4.40. The van der Waals surface area contributed by atoms with E-state index in [-0.39, 0.29) is 0 Å². The number of nitrogens with zero attached hydrogens (tertiary/aromatic N) is 4. The van der Waals surface area contributed by atoms with Crippen molar-refractivity contribution >= 4 is 10.2 Å². The summed E-state index contributed by atoms with van der Waals surface area (Å²) in [6, 6.07) is 6.05. The Balaban J connectivity index is 1.73. The minimum Gasteiger partial charge on any atom is -0.282 e. The Kier molecular flexibility index (Phi) is 4.71. The number of aromatic nitrogens is 3. The van der Waals surface area contributed by atoms with Crippen molar-refractivity contribution in [3.63, 3.8) is 0 Å². The Hall–Kier alpha value is -1.77. The normalized spacial score (nSPS) is 17.5. The highest BCUT2D eigenvalue weighted by molar-refractivity contribution is 7.86. The van der Waals surface area contributed by atoms with Crippen molar-refractivity contribution in [1.29, 1.82) is 0 Å². The lowest BCUT2D eigenvalue weighted by Crippen LogP contribution is -2.44. The molecule has 0 atom stereocenters. The number of H-pyrrole nitrogens is 1. The summed E-state index contributed by atoms with van der Waals surface area (Å²) in [5.74, 6) is 0.348. The van der Waals surface area contributed by atoms with Crippen molar-refractivity contribution in [3.05, 3.63) is 35.7 Å². The van der Waals surface area contributed by atoms with E-state index in [9.17, 15) is 8.42 Å². The van der Waals surface area contributed by atoms with Gasteiger partial charge in [0.05, 0.1) is 5.69 Å². The van der Waals surface area contributed by atoms with Gasteiger partial charge >= 0.3 is 0 Å². The molecule has 24 heavy (non-hydrogen) atoms. The van der Waals surface area contributed by atoms with Gasteiger partial charge in [-0.25, -0.2) is 0 Å². The van der Waals surface area contributed by atoms with Gasteiger partial charge in [0.1, 0.15) is 5.69 Å². The van der Waals surface area contributed by atoms with E-state index in [1.54, 1.807) is 24.6 Å². The van der Waals surface area contributed by atoms with Crippen LogP contribution in [0, 0.1) is 6.92 Å². The van der Waals surface area contributed by atoms with Crippen LogP contribution < -0.4 is 0 Å². The molecule has 1 saturated heterocycles. The SMILES string of the molecule is Cc1cc(-c2cc(C3CCN(S(=O)(=O)N(C)C)CC3)ccn2)n[nH]1. The summed E-state index contributed by atoms with van der Waals surface area (Å²) in [5.41, 5.74) is 3.88. The van der Waals surface area contributed by atoms with E-state index in [1.807, 2.05) is 19.1 Å². The van der Waals surface area contributed by atoms with Crippen LogP contribution in [-0.2, 0) is 10.2 Å². The van der Waals surface area contributed by atoms with Crippen LogP contribution in [0.25, 0.3) is 11.4 Å². The summed E-state index contributed by atoms with van der Waals surface area (Å²) in [6.45, 7) is 3.05. The summed E-state index contributed by atoms with van der Waals surface area (Å²) in [5, 5.41) is 7.19. The predicted molar refractivity (Wildman–Crippen MR) is 92.7 cm³/mol. The number of rotatable bonds is 4. The molecule has 1 fully saturated rings. The van der Waals surface area contributed by atoms with Gasteiger partial charge in [-0.1, -0.05) is 0 Å². The molecule has 0 spiro atoms. The fourth-order valence-electron chi connectivity index (χ4n) is 3.04. The van der Waals surface area contributed by atoms with Crippen LogP contribution in [0.15, 0.2) is 24.4 Å². The molecular formula is C16H23N5O2S. The Bertz CT molecular complexity index is 807. The summed E-state index contributed by atoms with van der Waals surface area (Å²) >= 11 is 0. The monoisotopic (exact) mass is 349 g/mol. The van der Waals surface area contributed by atoms with Crippen LogP contribution in [0.3, 0.4) is 0 Å². The molecule has 2 aromatic heterocycles. The van der Waals surface area contributed by atoms with Crippen molar-refractivity contribution < 1.29 is 8.42 Å². The average molecular weight is 349 g/mol. The smallest absolute Gasteiger partial charge is 0.281 e. The molecule has 3 rings (SSSR count). The Morgan fingerprint density at radius 1 is 1.21 bits per heavy atom. The first-order chi connectivity index (χ1) is 11.4. The first kappa shape index (κ1) is 17.1. The van der Waals surface area contributed by atoms with Crippen molar-refractivity contribution in [2.45, 2.75) is 25.7 Å². The number of piperidine rings is 1. The fraction of sp³-hybridized carbons (Fsp3) is 0.500. The molecule has 0 bridgehead atoms. The first-order valence-corrected chi connectivity index (χ1v) is 9.43. The van der Waals surface area contributed by atoms with Crippen LogP contribution >= 0.6 is 0 Å². The highest BCUT2D eigenvalue weighted by atomic mass is 32.2. The number of hydrogen-bond donors (Lipinski definition) is 1. The highest BCUT2D eigenvalue weighted by Gasteiger charge is 2.30. The third kappa shape index (κ3) is 3.35. The molecule has 3 heterocycles. The molecule has 1 aliphatic heterocycles. The lowest BCUT2D eigenvalue weighted by molar-refractivity contribution is 0.302. The number of pyridine rings is 1. The zero-order valence-electron chi connectivity index (χ0n) is 14.2. The maximum atomic E-state index is 12.2. The fourth-order valence-corrected chi connectivity index (χ4v) is 4.18. The minimum atomic E-state index is -3.31. The van der Waals surface area contributed by atoms with E-state index in [1.165, 1.54) is 9.87 Å². The van der Waals surface area contributed by atoms with E-state index >= 15 is 0 Å². The molecule has 7 nitrogen and oxygen atoms in total. The molecule has 0 unspecified atom stereocenters. The largest absolute Gasteiger partial charge is 0.282 e. The standard InChI is InChI=1S/C16H23N5O2S/c1-12-10-16(19-18-12)15-11-14(4-7-17-15)13-5-8-21(9-6-13)24(22,23)20(2)3/h4,7,10-11,13H,5-6,8-9H2,1-3H3,(H,18,19). The third-order valence-electron chi connectivity index (χ3n) is 4.47. The molecule has 130 valence electrons. The third-order valence-corrected chi connectivity index (χ3v) is 6.41. The molecule has 0 radical (unpaired) electrons. The zero-order chi connectivity index (χ0) is 17.3. The topological polar surface area (TPSA) is 82.2 Å². The second-order valence-corrected chi connectivity index (χ2v) is 8.52. The van der Waals surface area contributed by atoms with E-state index in [0.717, 1.165) is 29.9 Å². The van der Waals surface area contributed by atoms with Crippen LogP contribution in [0.2, 0.25) is 0 Å². The summed E-state index contributed by atoms with van der Waals surface area (Å²) in [7, 11) is -0.170. The first-order valence-electron chi connectivity index (χ1n) is 8.04. The Morgan fingerprint density at radius 3 is 2.50 bits per heavy atom. The molecule has 1 N–H and O–H groups in total. The second kappa shape index (κ2) is 6.62. The highest BCUT2D eigenvalue weighted by Crippen LogP contribution is 2.31. The van der Waals surface area contributed by atoms with Gasteiger partial charge in [0.25, 0.3) is 10.2 Å². The maximum absolute atomic E-state index is 12.2. The van der Waals surface area contributed by atoms with E-state index in [4.69, 9.17) is 0 Å². The molecule has 8 heteroatoms. The number of nitrogens with one attached hydrogen (secondary N) is 1. The van der Waals surface area contributed by atoms with Gasteiger partial charge in [-0.2, -0.15) is 22.1 Å². The summed E-state index contributed by atoms with van der Waals surface area (Å²) in [6.07, 6.45) is 3.43. The molecular weight excluding hydrogens is 326 g/mol. The maximum Gasteiger partial charge on any atom is 0.281 e. The second-order valence-electron chi connectivity index (χ2n) is 6.37. The Labute approximate surface area is 142 Å². The van der Waals surface area contributed by atoms with Crippen LogP contribution in [-0.4, -0.2) is 59.4 Å². The van der Waals surface area contributed by atoms with Crippen molar-refractivity contribution in [2.24, 2.45) is 0 Å². The lowest BCUT2D eigenvalue weighted by atomic mass is 9.90. The Morgan fingerprint density at radius 2 is 1.92 bits per heavy atom. The molecule has 1 aliphatic rings. The van der Waals surface area contributed by atoms with Gasteiger partial charge in [0.15, 0.2) is 0 Å². The van der Waals surface area contributed by atoms with Gasteiger partial charge in [-0.05, 0) is 49.4 Å². The lowest BCUT2D eigenvalue weighted by Gasteiger charge is -2.33. The van der Waals surface area contributed by atoms with E-state index in [0.29, 0.717) is 19.0 Å². The van der Waals surface area contributed by atoms with Crippen molar-refractivity contribution in [1.82, 2.24) is 23.8 Å². The van der Waals surface area contributed by atoms with Gasteiger partial charge in [-0.15, -0.1) is 0 Å². The van der Waals surface area contributed by atoms with Gasteiger partial charge in [-0.3, -0.25) is 10.1 Å². The van der Waals surface area contributed by atoms with E-state index in [2.05, 4.69) is 21.2 Å². The molecule has 0 aliphatic carbocycles. The molecule has 0 saturated carbocycles. The van der Waals surface area contributed by atoms with Gasteiger partial charge < -0.3 is 0 Å². The number of hydrogen-bond acceptors (Lipinski definition) is 4. The van der Waals surface area contributed by atoms with Crippen molar-refractivity contribution in [2.75, 3.05) is 27.2 Å². The van der Waals surface area contributed by atoms with Gasteiger partial charge in [0.2, 0.25) is 0 Å². The van der Waals surface area contributed by atoms with Crippen LogP contribution in [0.4, 0.5) is 0 Å². The van der Waals surface area contributed by atoms with E-state index < -0.39 is 10.2 Å². The van der Waals surface area contributed by atoms with Crippen LogP contribution in [0.1, 0.15) is 30.0 Å². The van der Waals surface area contributed by atoms with Gasteiger partial charge in [0, 0.05) is 39.1 Å². The summed E-state index contributed by atoms with van der Waals surface area (Å²) < 4.78 is 27.2. The minimum absolute atomic E-state index is 0.348. The number of aromatic amines is 1. The van der Waals surface area contributed by atoms with Crippen LogP contribution in [0.5, 0.6) is 0 Å². The molecule has 0 aromatic carbocycles.